The topological polar surface area (TPSA) is 48.4 Å². The summed E-state index contributed by atoms with van der Waals surface area (Å²) in [4.78, 5) is 11.3. The number of hydrogen-bond acceptors (Lipinski definition) is 6. The van der Waals surface area contributed by atoms with E-state index in [9.17, 15) is 4.39 Å². The largest absolute Gasteiger partial charge is 0.368 e. The number of aromatic nitrogens is 3. The van der Waals surface area contributed by atoms with Gasteiger partial charge in [0.15, 0.2) is 5.82 Å². The molecular formula is C21H23FN6. The van der Waals surface area contributed by atoms with Crippen molar-refractivity contribution < 1.29 is 4.39 Å². The average molecular weight is 378 g/mol. The molecule has 0 atom stereocenters. The highest BCUT2D eigenvalue weighted by atomic mass is 19.1. The molecule has 1 aromatic heterocycles. The van der Waals surface area contributed by atoms with E-state index in [0.717, 1.165) is 49.9 Å². The Morgan fingerprint density at radius 2 is 1.61 bits per heavy atom. The van der Waals surface area contributed by atoms with E-state index < -0.39 is 0 Å². The second-order valence-corrected chi connectivity index (χ2v) is 6.64. The van der Waals surface area contributed by atoms with Crippen LogP contribution in [0.2, 0.25) is 0 Å². The maximum absolute atomic E-state index is 13.1. The second-order valence-electron chi connectivity index (χ2n) is 6.64. The van der Waals surface area contributed by atoms with Crippen LogP contribution in [-0.2, 0) is 0 Å². The van der Waals surface area contributed by atoms with Crippen LogP contribution in [0.5, 0.6) is 0 Å². The summed E-state index contributed by atoms with van der Waals surface area (Å²) in [6.07, 6.45) is 1.72. The first kappa shape index (κ1) is 18.2. The van der Waals surface area contributed by atoms with E-state index in [-0.39, 0.29) is 5.82 Å². The van der Waals surface area contributed by atoms with Crippen molar-refractivity contribution >= 4 is 23.1 Å². The van der Waals surface area contributed by atoms with Gasteiger partial charge < -0.3 is 14.7 Å². The standard InChI is InChI=1S/C21H23FN6/c1-2-28(19-6-4-3-5-7-19)21-24-20(16-23-25-21)27-14-12-26(13-15-27)18-10-8-17(22)9-11-18/h3-11,16H,2,12-15H2,1H3. The molecule has 3 aromatic rings. The van der Waals surface area contributed by atoms with Crippen molar-refractivity contribution in [1.29, 1.82) is 0 Å². The molecule has 0 N–H and O–H groups in total. The smallest absolute Gasteiger partial charge is 0.251 e. The van der Waals surface area contributed by atoms with Crippen molar-refractivity contribution in [3.05, 3.63) is 66.6 Å². The Balaban J connectivity index is 1.47. The molecule has 0 saturated carbocycles. The summed E-state index contributed by atoms with van der Waals surface area (Å²) >= 11 is 0. The Kier molecular flexibility index (Phi) is 5.32. The molecule has 0 bridgehead atoms. The maximum atomic E-state index is 13.1. The van der Waals surface area contributed by atoms with E-state index in [2.05, 4.69) is 26.9 Å². The zero-order valence-corrected chi connectivity index (χ0v) is 15.9. The fourth-order valence-electron chi connectivity index (χ4n) is 3.45. The van der Waals surface area contributed by atoms with Crippen LogP contribution in [0.3, 0.4) is 0 Å². The molecule has 28 heavy (non-hydrogen) atoms. The Labute approximate surface area is 164 Å². The van der Waals surface area contributed by atoms with Gasteiger partial charge in [0, 0.05) is 44.1 Å². The van der Waals surface area contributed by atoms with Gasteiger partial charge in [-0.2, -0.15) is 10.1 Å². The lowest BCUT2D eigenvalue weighted by molar-refractivity contribution is 0.623. The number of rotatable bonds is 5. The molecule has 0 radical (unpaired) electrons. The van der Waals surface area contributed by atoms with Crippen molar-refractivity contribution in [2.45, 2.75) is 6.92 Å². The summed E-state index contributed by atoms with van der Waals surface area (Å²) in [5, 5.41) is 8.43. The number of para-hydroxylation sites is 1. The summed E-state index contributed by atoms with van der Waals surface area (Å²) < 4.78 is 13.1. The Morgan fingerprint density at radius 1 is 0.929 bits per heavy atom. The van der Waals surface area contributed by atoms with Crippen LogP contribution in [0.4, 0.5) is 27.5 Å². The van der Waals surface area contributed by atoms with Gasteiger partial charge in [-0.3, -0.25) is 0 Å². The van der Waals surface area contributed by atoms with E-state index >= 15 is 0 Å². The summed E-state index contributed by atoms with van der Waals surface area (Å²) in [5.74, 6) is 1.23. The predicted octanol–water partition coefficient (Wildman–Crippen LogP) is 3.50. The third-order valence-electron chi connectivity index (χ3n) is 4.96. The summed E-state index contributed by atoms with van der Waals surface area (Å²) in [7, 11) is 0. The second kappa shape index (κ2) is 8.21. The molecule has 2 aromatic carbocycles. The highest BCUT2D eigenvalue weighted by molar-refractivity contribution is 5.58. The van der Waals surface area contributed by atoms with Crippen molar-refractivity contribution in [3.63, 3.8) is 0 Å². The number of nitrogens with zero attached hydrogens (tertiary/aromatic N) is 6. The molecule has 2 heterocycles. The van der Waals surface area contributed by atoms with E-state index in [1.807, 2.05) is 47.4 Å². The monoisotopic (exact) mass is 378 g/mol. The molecule has 144 valence electrons. The Hall–Kier alpha value is -3.22. The molecule has 1 saturated heterocycles. The summed E-state index contributed by atoms with van der Waals surface area (Å²) in [6, 6.07) is 16.8. The van der Waals surface area contributed by atoms with Crippen LogP contribution < -0.4 is 14.7 Å². The third-order valence-corrected chi connectivity index (χ3v) is 4.96. The highest BCUT2D eigenvalue weighted by Crippen LogP contribution is 2.24. The van der Waals surface area contributed by atoms with E-state index in [0.29, 0.717) is 5.95 Å². The van der Waals surface area contributed by atoms with Crippen LogP contribution >= 0.6 is 0 Å². The minimum absolute atomic E-state index is 0.208. The van der Waals surface area contributed by atoms with Crippen molar-refractivity contribution in [2.24, 2.45) is 0 Å². The molecule has 1 aliphatic heterocycles. The van der Waals surface area contributed by atoms with Crippen LogP contribution in [-0.4, -0.2) is 47.9 Å². The van der Waals surface area contributed by atoms with Crippen LogP contribution in [0.15, 0.2) is 60.8 Å². The number of hydrogen-bond donors (Lipinski definition) is 0. The third kappa shape index (κ3) is 3.88. The lowest BCUT2D eigenvalue weighted by atomic mass is 10.2. The van der Waals surface area contributed by atoms with Gasteiger partial charge in [0.25, 0.3) is 5.95 Å². The molecule has 6 nitrogen and oxygen atoms in total. The lowest BCUT2D eigenvalue weighted by Crippen LogP contribution is -2.47. The summed E-state index contributed by atoms with van der Waals surface area (Å²) in [6.45, 7) is 6.18. The van der Waals surface area contributed by atoms with Crippen molar-refractivity contribution in [1.82, 2.24) is 15.2 Å². The van der Waals surface area contributed by atoms with Gasteiger partial charge >= 0.3 is 0 Å². The van der Waals surface area contributed by atoms with Gasteiger partial charge in [-0.15, -0.1) is 5.10 Å². The number of halogens is 1. The Morgan fingerprint density at radius 3 is 2.29 bits per heavy atom. The SMILES string of the molecule is CCN(c1ccccc1)c1nncc(N2CCN(c3ccc(F)cc3)CC2)n1. The highest BCUT2D eigenvalue weighted by Gasteiger charge is 2.20. The Bertz CT molecular complexity index is 894. The van der Waals surface area contributed by atoms with Gasteiger partial charge in [0.2, 0.25) is 0 Å². The van der Waals surface area contributed by atoms with Crippen molar-refractivity contribution in [3.8, 4) is 0 Å². The molecule has 1 aliphatic rings. The minimum Gasteiger partial charge on any atom is -0.368 e. The fourth-order valence-corrected chi connectivity index (χ4v) is 3.45. The van der Waals surface area contributed by atoms with E-state index in [1.54, 1.807) is 6.20 Å². The first-order valence-corrected chi connectivity index (χ1v) is 9.52. The number of anilines is 4. The van der Waals surface area contributed by atoms with Crippen LogP contribution in [0.1, 0.15) is 6.92 Å². The molecule has 4 rings (SSSR count). The summed E-state index contributed by atoms with van der Waals surface area (Å²) in [5.41, 5.74) is 2.09. The van der Waals surface area contributed by atoms with Gasteiger partial charge in [0.05, 0.1) is 6.20 Å². The first-order valence-electron chi connectivity index (χ1n) is 9.52. The normalized spacial score (nSPS) is 14.2. The average Bonchev–Trinajstić information content (AvgIpc) is 2.76. The quantitative estimate of drug-likeness (QED) is 0.677. The van der Waals surface area contributed by atoms with Crippen molar-refractivity contribution in [2.75, 3.05) is 47.4 Å². The first-order chi connectivity index (χ1) is 13.7. The van der Waals surface area contributed by atoms with Gasteiger partial charge in [-0.25, -0.2) is 4.39 Å². The predicted molar refractivity (Wildman–Crippen MR) is 110 cm³/mol. The van der Waals surface area contributed by atoms with E-state index in [1.165, 1.54) is 12.1 Å². The zero-order chi connectivity index (χ0) is 19.3. The molecular weight excluding hydrogens is 355 g/mol. The fraction of sp³-hybridized carbons (Fsp3) is 0.286. The minimum atomic E-state index is -0.208. The zero-order valence-electron chi connectivity index (χ0n) is 15.9. The molecule has 0 amide bonds. The maximum Gasteiger partial charge on any atom is 0.251 e. The molecule has 1 fully saturated rings. The number of benzene rings is 2. The van der Waals surface area contributed by atoms with Gasteiger partial charge in [-0.1, -0.05) is 18.2 Å². The van der Waals surface area contributed by atoms with Gasteiger partial charge in [0.1, 0.15) is 5.82 Å². The van der Waals surface area contributed by atoms with E-state index in [4.69, 9.17) is 4.98 Å². The lowest BCUT2D eigenvalue weighted by Gasteiger charge is -2.36. The van der Waals surface area contributed by atoms with Crippen LogP contribution in [0.25, 0.3) is 0 Å². The molecule has 7 heteroatoms. The number of piperazine rings is 1. The van der Waals surface area contributed by atoms with Gasteiger partial charge in [-0.05, 0) is 43.3 Å². The van der Waals surface area contributed by atoms with Crippen LogP contribution in [0, 0.1) is 5.82 Å². The molecule has 0 spiro atoms. The molecule has 0 aliphatic carbocycles. The molecule has 0 unspecified atom stereocenters.